The zero-order chi connectivity index (χ0) is 37.7. The molecule has 0 N–H and O–H groups in total. The maximum atomic E-state index is 2.35. The van der Waals surface area contributed by atoms with Crippen LogP contribution in [0.15, 0.2) is 98.1 Å². The van der Waals surface area contributed by atoms with E-state index in [-0.39, 0.29) is 0 Å². The molecule has 0 fully saturated rings. The first-order valence-corrected chi connectivity index (χ1v) is 22.7. The van der Waals surface area contributed by atoms with Crippen molar-refractivity contribution in [2.75, 3.05) is 0 Å². The Kier molecular flexibility index (Phi) is 22.5. The predicted octanol–water partition coefficient (Wildman–Crippen LogP) is 12.3. The standard InChI is InChI=1S/C50H78N4/c1-3-5-7-9-11-13-15-17-19-21-23-25-35-51-37-27-47(28-38-51)49-31-41-53(42-32-49)45-46-54-43-33-50(34-44-54)48-29-39-52(40-30-48)36-26-24-22-20-18-16-14-12-10-8-6-4-2/h27-34,37-44H,3-26,35-36,45-46H2,1-2H3/q+4. The van der Waals surface area contributed by atoms with Crippen molar-refractivity contribution in [2.24, 2.45) is 0 Å². The molecule has 0 saturated heterocycles. The highest BCUT2D eigenvalue weighted by atomic mass is 15.0. The van der Waals surface area contributed by atoms with E-state index in [0.717, 1.165) is 26.2 Å². The number of hydrogen-bond donors (Lipinski definition) is 0. The molecule has 0 radical (unpaired) electrons. The smallest absolute Gasteiger partial charge is 0.205 e. The minimum Gasteiger partial charge on any atom is -0.205 e. The predicted molar refractivity (Wildman–Crippen MR) is 227 cm³/mol. The third-order valence-corrected chi connectivity index (χ3v) is 11.4. The van der Waals surface area contributed by atoms with Crippen LogP contribution in [0.1, 0.15) is 168 Å². The number of aryl methyl sites for hydroxylation is 4. The van der Waals surface area contributed by atoms with Crippen molar-refractivity contribution in [1.82, 2.24) is 0 Å². The van der Waals surface area contributed by atoms with Gasteiger partial charge in [0.1, 0.15) is 13.1 Å². The lowest BCUT2D eigenvalue weighted by molar-refractivity contribution is -0.778. The van der Waals surface area contributed by atoms with E-state index in [1.165, 1.54) is 176 Å². The minimum atomic E-state index is 0.947. The van der Waals surface area contributed by atoms with E-state index in [2.05, 4.69) is 130 Å². The Morgan fingerprint density at radius 1 is 0.241 bits per heavy atom. The molecule has 4 heteroatoms. The van der Waals surface area contributed by atoms with E-state index < -0.39 is 0 Å². The van der Waals surface area contributed by atoms with Crippen LogP contribution in [0.3, 0.4) is 0 Å². The Balaban J connectivity index is 1.06. The molecular formula is C50H78N4+4. The molecule has 4 nitrogen and oxygen atoms in total. The van der Waals surface area contributed by atoms with Crippen molar-refractivity contribution in [3.63, 3.8) is 0 Å². The van der Waals surface area contributed by atoms with Gasteiger partial charge in [0, 0.05) is 61.4 Å². The van der Waals surface area contributed by atoms with Crippen molar-refractivity contribution >= 4 is 0 Å². The van der Waals surface area contributed by atoms with Crippen LogP contribution in [-0.4, -0.2) is 0 Å². The maximum Gasteiger partial charge on any atom is 0.206 e. The molecule has 4 rings (SSSR count). The summed E-state index contributed by atoms with van der Waals surface area (Å²) in [6.07, 6.45) is 51.5. The lowest BCUT2D eigenvalue weighted by Gasteiger charge is -2.03. The van der Waals surface area contributed by atoms with Gasteiger partial charge in [0.15, 0.2) is 49.6 Å². The quantitative estimate of drug-likeness (QED) is 0.0361. The molecule has 0 saturated carbocycles. The fraction of sp³-hybridized carbons (Fsp3) is 0.600. The van der Waals surface area contributed by atoms with Gasteiger partial charge in [-0.25, -0.2) is 9.13 Å². The molecule has 4 heterocycles. The van der Waals surface area contributed by atoms with Gasteiger partial charge in [0.25, 0.3) is 0 Å². The second-order valence-electron chi connectivity index (χ2n) is 16.1. The maximum absolute atomic E-state index is 2.35. The first-order valence-electron chi connectivity index (χ1n) is 22.7. The summed E-state index contributed by atoms with van der Waals surface area (Å²) in [5.74, 6) is 0. The molecule has 0 aliphatic heterocycles. The molecule has 4 aromatic heterocycles. The molecule has 0 aromatic carbocycles. The molecule has 4 aromatic rings. The number of nitrogens with zero attached hydrogens (tertiary/aromatic N) is 4. The highest BCUT2D eigenvalue weighted by Crippen LogP contribution is 2.18. The number of pyridine rings is 4. The number of aromatic nitrogens is 4. The highest BCUT2D eigenvalue weighted by Gasteiger charge is 2.10. The molecule has 54 heavy (non-hydrogen) atoms. The molecular weight excluding hydrogens is 657 g/mol. The normalized spacial score (nSPS) is 11.4. The molecule has 0 spiro atoms. The summed E-state index contributed by atoms with van der Waals surface area (Å²) in [6.45, 7) is 8.73. The fourth-order valence-corrected chi connectivity index (χ4v) is 7.70. The van der Waals surface area contributed by atoms with E-state index >= 15 is 0 Å². The van der Waals surface area contributed by atoms with Crippen LogP contribution in [0.25, 0.3) is 22.3 Å². The molecule has 0 unspecified atom stereocenters. The van der Waals surface area contributed by atoms with Gasteiger partial charge in [-0.05, 0) is 35.1 Å². The summed E-state index contributed by atoms with van der Waals surface area (Å²) in [7, 11) is 0. The molecule has 0 atom stereocenters. The van der Waals surface area contributed by atoms with E-state index in [0.29, 0.717) is 0 Å². The van der Waals surface area contributed by atoms with Crippen LogP contribution in [0.4, 0.5) is 0 Å². The monoisotopic (exact) mass is 735 g/mol. The Hall–Kier alpha value is -3.40. The summed E-state index contributed by atoms with van der Waals surface area (Å²) in [6, 6.07) is 18.1. The lowest BCUT2D eigenvalue weighted by Crippen LogP contribution is -2.43. The van der Waals surface area contributed by atoms with Gasteiger partial charge >= 0.3 is 0 Å². The first kappa shape index (κ1) is 43.3. The van der Waals surface area contributed by atoms with Crippen molar-refractivity contribution in [1.29, 1.82) is 0 Å². The van der Waals surface area contributed by atoms with E-state index in [1.54, 1.807) is 0 Å². The lowest BCUT2D eigenvalue weighted by atomic mass is 10.1. The molecule has 0 aliphatic carbocycles. The van der Waals surface area contributed by atoms with Crippen LogP contribution >= 0.6 is 0 Å². The topological polar surface area (TPSA) is 15.5 Å². The zero-order valence-corrected chi connectivity index (χ0v) is 34.8. The van der Waals surface area contributed by atoms with Gasteiger partial charge in [-0.15, -0.1) is 0 Å². The van der Waals surface area contributed by atoms with E-state index in [1.807, 2.05) is 0 Å². The largest absolute Gasteiger partial charge is 0.206 e. The Bertz CT molecular complexity index is 1350. The van der Waals surface area contributed by atoms with Crippen molar-refractivity contribution in [3.8, 4) is 22.3 Å². The van der Waals surface area contributed by atoms with Gasteiger partial charge < -0.3 is 0 Å². The average Bonchev–Trinajstić information content (AvgIpc) is 3.22. The molecule has 294 valence electrons. The SMILES string of the molecule is CCCCCCCCCCCCCC[n+]1ccc(-c2cc[n+](CC[n+]3ccc(-c4cc[n+](CCCCCCCCCCCCCC)cc4)cc3)cc2)cc1. The van der Waals surface area contributed by atoms with Gasteiger partial charge in [-0.2, -0.15) is 9.13 Å². The first-order chi connectivity index (χ1) is 26.7. The van der Waals surface area contributed by atoms with Gasteiger partial charge in [-0.3, -0.25) is 0 Å². The summed E-state index contributed by atoms with van der Waals surface area (Å²) < 4.78 is 9.27. The van der Waals surface area contributed by atoms with Crippen LogP contribution in [0, 0.1) is 0 Å². The highest BCUT2D eigenvalue weighted by molar-refractivity contribution is 5.61. The molecule has 0 aliphatic rings. The Morgan fingerprint density at radius 2 is 0.426 bits per heavy atom. The fourth-order valence-electron chi connectivity index (χ4n) is 7.70. The van der Waals surface area contributed by atoms with Crippen molar-refractivity contribution in [2.45, 2.75) is 194 Å². The Morgan fingerprint density at radius 3 is 0.648 bits per heavy atom. The van der Waals surface area contributed by atoms with Crippen LogP contribution < -0.4 is 18.3 Å². The van der Waals surface area contributed by atoms with Crippen LogP contribution in [0.2, 0.25) is 0 Å². The van der Waals surface area contributed by atoms with Crippen LogP contribution in [-0.2, 0) is 26.2 Å². The summed E-state index contributed by atoms with van der Waals surface area (Å²) in [5.41, 5.74) is 5.13. The summed E-state index contributed by atoms with van der Waals surface area (Å²) in [5, 5.41) is 0. The molecule has 0 amide bonds. The van der Waals surface area contributed by atoms with Crippen molar-refractivity contribution in [3.05, 3.63) is 98.1 Å². The molecule has 0 bridgehead atoms. The van der Waals surface area contributed by atoms with E-state index in [4.69, 9.17) is 0 Å². The number of hydrogen-bond acceptors (Lipinski definition) is 0. The second-order valence-corrected chi connectivity index (χ2v) is 16.1. The second kappa shape index (κ2) is 28.1. The van der Waals surface area contributed by atoms with Gasteiger partial charge in [0.05, 0.1) is 0 Å². The number of unbranched alkanes of at least 4 members (excludes halogenated alkanes) is 22. The van der Waals surface area contributed by atoms with Gasteiger partial charge in [-0.1, -0.05) is 142 Å². The average molecular weight is 735 g/mol. The summed E-state index contributed by atoms with van der Waals surface area (Å²) in [4.78, 5) is 0. The van der Waals surface area contributed by atoms with Crippen molar-refractivity contribution < 1.29 is 18.3 Å². The zero-order valence-electron chi connectivity index (χ0n) is 34.8. The Labute approximate surface area is 331 Å². The third-order valence-electron chi connectivity index (χ3n) is 11.4. The third kappa shape index (κ3) is 18.3. The van der Waals surface area contributed by atoms with Gasteiger partial charge in [0.2, 0.25) is 13.1 Å². The number of rotatable bonds is 31. The summed E-state index contributed by atoms with van der Waals surface area (Å²) >= 11 is 0. The van der Waals surface area contributed by atoms with Crippen LogP contribution in [0.5, 0.6) is 0 Å². The minimum absolute atomic E-state index is 0.947. The van der Waals surface area contributed by atoms with E-state index in [9.17, 15) is 0 Å².